The first-order chi connectivity index (χ1) is 13.2. The number of rotatable bonds is 4. The number of halogens is 4. The first-order valence-corrected chi connectivity index (χ1v) is 8.56. The molecule has 3 rings (SSSR count). The maximum absolute atomic E-state index is 13.4. The molecule has 5 nitrogen and oxygen atoms in total. The number of hydrogen-bond donors (Lipinski definition) is 1. The molecule has 0 atom stereocenters. The molecule has 0 spiro atoms. The summed E-state index contributed by atoms with van der Waals surface area (Å²) in [5, 5.41) is 8.97. The van der Waals surface area contributed by atoms with Gasteiger partial charge in [-0.3, -0.25) is 4.90 Å². The lowest BCUT2D eigenvalue weighted by atomic mass is 10.1. The van der Waals surface area contributed by atoms with Crippen molar-refractivity contribution in [2.45, 2.75) is 12.7 Å². The molecule has 0 aliphatic carbocycles. The molecule has 1 N–H and O–H groups in total. The van der Waals surface area contributed by atoms with Crippen LogP contribution in [0.3, 0.4) is 0 Å². The lowest BCUT2D eigenvalue weighted by Crippen LogP contribution is -2.47. The standard InChI is InChI=1S/C19H18F4N2O3/c20-17-5-4-15(11-16(17)19(21,22)23)28-14-3-1-2-13(10-14)12-24-6-8-25(9-7-24)18(26)27/h1-5,10-11H,6-9,12H2,(H,26,27). The number of alkyl halides is 3. The van der Waals surface area contributed by atoms with Crippen molar-refractivity contribution < 1.29 is 32.2 Å². The summed E-state index contributed by atoms with van der Waals surface area (Å²) in [6.07, 6.45) is -5.74. The van der Waals surface area contributed by atoms with Crippen molar-refractivity contribution in [1.82, 2.24) is 9.80 Å². The van der Waals surface area contributed by atoms with Gasteiger partial charge >= 0.3 is 12.3 Å². The second-order valence-electron chi connectivity index (χ2n) is 6.43. The number of nitrogens with zero attached hydrogens (tertiary/aromatic N) is 2. The van der Waals surface area contributed by atoms with Crippen LogP contribution in [0.15, 0.2) is 42.5 Å². The van der Waals surface area contributed by atoms with Crippen molar-refractivity contribution >= 4 is 6.09 Å². The normalized spacial score (nSPS) is 15.5. The largest absolute Gasteiger partial charge is 0.465 e. The second-order valence-corrected chi connectivity index (χ2v) is 6.43. The first kappa shape index (κ1) is 19.9. The van der Waals surface area contributed by atoms with Crippen LogP contribution >= 0.6 is 0 Å². The van der Waals surface area contributed by atoms with Crippen LogP contribution in [0.4, 0.5) is 22.4 Å². The Kier molecular flexibility index (Phi) is 5.73. The van der Waals surface area contributed by atoms with Crippen LogP contribution in [-0.2, 0) is 12.7 Å². The zero-order chi connectivity index (χ0) is 20.3. The van der Waals surface area contributed by atoms with Gasteiger partial charge in [-0.2, -0.15) is 13.2 Å². The summed E-state index contributed by atoms with van der Waals surface area (Å²) in [5.41, 5.74) is -0.503. The van der Waals surface area contributed by atoms with E-state index in [1.54, 1.807) is 18.2 Å². The molecule has 1 aliphatic heterocycles. The van der Waals surface area contributed by atoms with Crippen molar-refractivity contribution in [3.63, 3.8) is 0 Å². The monoisotopic (exact) mass is 398 g/mol. The third-order valence-corrected chi connectivity index (χ3v) is 4.43. The van der Waals surface area contributed by atoms with E-state index < -0.39 is 23.7 Å². The van der Waals surface area contributed by atoms with E-state index in [2.05, 4.69) is 4.90 Å². The van der Waals surface area contributed by atoms with E-state index in [4.69, 9.17) is 9.84 Å². The molecule has 0 unspecified atom stereocenters. The summed E-state index contributed by atoms with van der Waals surface area (Å²) < 4.78 is 57.3. The summed E-state index contributed by atoms with van der Waals surface area (Å²) in [4.78, 5) is 14.4. The minimum absolute atomic E-state index is 0.110. The van der Waals surface area contributed by atoms with Crippen molar-refractivity contribution in [3.05, 3.63) is 59.4 Å². The summed E-state index contributed by atoms with van der Waals surface area (Å²) >= 11 is 0. The molecule has 0 radical (unpaired) electrons. The third kappa shape index (κ3) is 4.92. The van der Waals surface area contributed by atoms with Crippen molar-refractivity contribution in [2.75, 3.05) is 26.2 Å². The van der Waals surface area contributed by atoms with Crippen LogP contribution in [0.25, 0.3) is 0 Å². The first-order valence-electron chi connectivity index (χ1n) is 8.56. The number of carboxylic acid groups (broad SMARTS) is 1. The highest BCUT2D eigenvalue weighted by Crippen LogP contribution is 2.34. The number of ether oxygens (including phenoxy) is 1. The Balaban J connectivity index is 1.67. The molecular formula is C19H18F4N2O3. The van der Waals surface area contributed by atoms with E-state index in [0.29, 0.717) is 44.5 Å². The van der Waals surface area contributed by atoms with E-state index >= 15 is 0 Å². The van der Waals surface area contributed by atoms with Gasteiger partial charge in [0.1, 0.15) is 17.3 Å². The van der Waals surface area contributed by atoms with Gasteiger partial charge in [0, 0.05) is 32.7 Å². The van der Waals surface area contributed by atoms with Crippen LogP contribution < -0.4 is 4.74 Å². The van der Waals surface area contributed by atoms with Gasteiger partial charge in [0.05, 0.1) is 5.56 Å². The lowest BCUT2D eigenvalue weighted by molar-refractivity contribution is -0.140. The maximum Gasteiger partial charge on any atom is 0.419 e. The van der Waals surface area contributed by atoms with Crippen LogP contribution in [-0.4, -0.2) is 47.2 Å². The quantitative estimate of drug-likeness (QED) is 0.774. The van der Waals surface area contributed by atoms with Crippen LogP contribution in [0.1, 0.15) is 11.1 Å². The molecule has 0 aromatic heterocycles. The molecule has 0 saturated carbocycles. The molecule has 0 bridgehead atoms. The predicted molar refractivity (Wildman–Crippen MR) is 92.8 cm³/mol. The van der Waals surface area contributed by atoms with Gasteiger partial charge in [-0.25, -0.2) is 9.18 Å². The van der Waals surface area contributed by atoms with Crippen LogP contribution in [0, 0.1) is 5.82 Å². The van der Waals surface area contributed by atoms with Crippen LogP contribution in [0.2, 0.25) is 0 Å². The third-order valence-electron chi connectivity index (χ3n) is 4.43. The lowest BCUT2D eigenvalue weighted by Gasteiger charge is -2.33. The number of benzene rings is 2. The highest BCUT2D eigenvalue weighted by molar-refractivity contribution is 5.65. The summed E-state index contributed by atoms with van der Waals surface area (Å²) in [7, 11) is 0. The maximum atomic E-state index is 13.4. The van der Waals surface area contributed by atoms with Crippen molar-refractivity contribution in [2.24, 2.45) is 0 Å². The van der Waals surface area contributed by atoms with E-state index in [-0.39, 0.29) is 5.75 Å². The molecule has 1 fully saturated rings. The molecular weight excluding hydrogens is 380 g/mol. The average molecular weight is 398 g/mol. The van der Waals surface area contributed by atoms with E-state index in [1.165, 1.54) is 4.90 Å². The Hall–Kier alpha value is -2.81. The van der Waals surface area contributed by atoms with Gasteiger partial charge in [0.25, 0.3) is 0 Å². The minimum atomic E-state index is -4.80. The van der Waals surface area contributed by atoms with E-state index in [1.807, 2.05) is 6.07 Å². The van der Waals surface area contributed by atoms with Crippen molar-refractivity contribution in [3.8, 4) is 11.5 Å². The molecule has 2 aromatic rings. The second kappa shape index (κ2) is 8.05. The smallest absolute Gasteiger partial charge is 0.419 e. The fourth-order valence-electron chi connectivity index (χ4n) is 2.98. The molecule has 9 heteroatoms. The number of piperazine rings is 1. The van der Waals surface area contributed by atoms with Crippen molar-refractivity contribution in [1.29, 1.82) is 0 Å². The Labute approximate surface area is 158 Å². The highest BCUT2D eigenvalue weighted by Gasteiger charge is 2.34. The molecule has 1 heterocycles. The summed E-state index contributed by atoms with van der Waals surface area (Å²) in [5.74, 6) is -1.13. The number of hydrogen-bond acceptors (Lipinski definition) is 3. The van der Waals surface area contributed by atoms with E-state index in [0.717, 1.165) is 17.7 Å². The fourth-order valence-corrected chi connectivity index (χ4v) is 2.98. The predicted octanol–water partition coefficient (Wildman–Crippen LogP) is 4.43. The Morgan fingerprint density at radius 1 is 1.04 bits per heavy atom. The van der Waals surface area contributed by atoms with Crippen LogP contribution in [0.5, 0.6) is 11.5 Å². The van der Waals surface area contributed by atoms with Gasteiger partial charge in [0.15, 0.2) is 0 Å². The Morgan fingerprint density at radius 2 is 1.71 bits per heavy atom. The van der Waals surface area contributed by atoms with Gasteiger partial charge in [0.2, 0.25) is 0 Å². The average Bonchev–Trinajstić information content (AvgIpc) is 2.63. The number of amides is 1. The molecule has 28 heavy (non-hydrogen) atoms. The highest BCUT2D eigenvalue weighted by atomic mass is 19.4. The van der Waals surface area contributed by atoms with Gasteiger partial charge in [-0.1, -0.05) is 12.1 Å². The Morgan fingerprint density at radius 3 is 2.36 bits per heavy atom. The SMILES string of the molecule is O=C(O)N1CCN(Cc2cccc(Oc3ccc(F)c(C(F)(F)F)c3)c2)CC1. The van der Waals surface area contributed by atoms with Gasteiger partial charge in [-0.05, 0) is 35.9 Å². The van der Waals surface area contributed by atoms with Gasteiger partial charge < -0.3 is 14.7 Å². The summed E-state index contributed by atoms with van der Waals surface area (Å²) in [6, 6.07) is 9.36. The zero-order valence-electron chi connectivity index (χ0n) is 14.7. The zero-order valence-corrected chi connectivity index (χ0v) is 14.7. The fraction of sp³-hybridized carbons (Fsp3) is 0.316. The Bertz CT molecular complexity index is 849. The molecule has 2 aromatic carbocycles. The van der Waals surface area contributed by atoms with Gasteiger partial charge in [-0.15, -0.1) is 0 Å². The molecule has 1 amide bonds. The molecule has 150 valence electrons. The molecule has 1 aliphatic rings. The summed E-state index contributed by atoms with van der Waals surface area (Å²) in [6.45, 7) is 2.57. The minimum Gasteiger partial charge on any atom is -0.465 e. The van der Waals surface area contributed by atoms with E-state index in [9.17, 15) is 22.4 Å². The topological polar surface area (TPSA) is 53.0 Å². The number of carbonyl (C=O) groups is 1. The molecule has 1 saturated heterocycles.